The molecule has 9 heteroatoms. The number of fused-ring (bicyclic) bond motifs is 1. The van der Waals surface area contributed by atoms with Crippen LogP contribution >= 0.6 is 34.5 Å². The first-order valence-electron chi connectivity index (χ1n) is 9.73. The number of rotatable bonds is 9. The van der Waals surface area contributed by atoms with Crippen molar-refractivity contribution in [1.82, 2.24) is 9.13 Å². The van der Waals surface area contributed by atoms with Gasteiger partial charge < -0.3 is 9.84 Å². The first-order chi connectivity index (χ1) is 15.3. The summed E-state index contributed by atoms with van der Waals surface area (Å²) in [6.07, 6.45) is 3.68. The zero-order valence-electron chi connectivity index (χ0n) is 17.4. The maximum atomic E-state index is 13.3. The van der Waals surface area contributed by atoms with E-state index in [0.29, 0.717) is 44.5 Å². The summed E-state index contributed by atoms with van der Waals surface area (Å²) >= 11 is 13.1. The van der Waals surface area contributed by atoms with E-state index in [0.717, 1.165) is 10.1 Å². The quantitative estimate of drug-likeness (QED) is 0.350. The largest absolute Gasteiger partial charge is 0.446 e. The average Bonchev–Trinajstić information content (AvgIpc) is 3.11. The normalized spacial score (nSPS) is 11.7. The van der Waals surface area contributed by atoms with E-state index in [1.54, 1.807) is 19.2 Å². The summed E-state index contributed by atoms with van der Waals surface area (Å²) in [6.45, 7) is 7.37. The van der Waals surface area contributed by atoms with Gasteiger partial charge in [0.2, 0.25) is 0 Å². The number of halogens is 2. The molecule has 2 aromatic heterocycles. The summed E-state index contributed by atoms with van der Waals surface area (Å²) in [5.41, 5.74) is 0.687. The highest BCUT2D eigenvalue weighted by Gasteiger charge is 2.22. The highest BCUT2D eigenvalue weighted by atomic mass is 35.5. The van der Waals surface area contributed by atoms with E-state index in [9.17, 15) is 14.7 Å². The van der Waals surface area contributed by atoms with Crippen LogP contribution in [0.2, 0.25) is 5.02 Å². The van der Waals surface area contributed by atoms with E-state index in [1.165, 1.54) is 28.1 Å². The molecule has 0 amide bonds. The monoisotopic (exact) mass is 492 g/mol. The number of ether oxygens (including phenoxy) is 1. The molecule has 32 heavy (non-hydrogen) atoms. The van der Waals surface area contributed by atoms with Crippen LogP contribution < -0.4 is 16.0 Å². The van der Waals surface area contributed by atoms with Crippen LogP contribution in [-0.4, -0.2) is 20.8 Å². The van der Waals surface area contributed by atoms with Gasteiger partial charge in [-0.2, -0.15) is 0 Å². The van der Waals surface area contributed by atoms with Crippen LogP contribution in [0.3, 0.4) is 0 Å². The Morgan fingerprint density at radius 3 is 2.56 bits per heavy atom. The molecule has 0 saturated heterocycles. The summed E-state index contributed by atoms with van der Waals surface area (Å²) in [4.78, 5) is 26.6. The van der Waals surface area contributed by atoms with Crippen LogP contribution in [0.4, 0.5) is 0 Å². The standard InChI is InChI=1S/C23H22Cl2N2O4S/c1-4-17(12-14(2)24)31-22-18(13-15-6-8-16(25)9-7-15)19-20(29)27(10-5-11-28)23(30)26(3)21(19)32-22/h4,6-9,12,28H,1-2,5,10-11,13H2,3H3/b17-12+. The summed E-state index contributed by atoms with van der Waals surface area (Å²) in [6, 6.07) is 7.28. The van der Waals surface area contributed by atoms with E-state index in [-0.39, 0.29) is 18.2 Å². The molecule has 0 radical (unpaired) electrons. The number of aliphatic hydroxyl groups excluding tert-OH is 1. The summed E-state index contributed by atoms with van der Waals surface area (Å²) in [7, 11) is 1.61. The van der Waals surface area contributed by atoms with Gasteiger partial charge in [-0.05, 0) is 36.3 Å². The van der Waals surface area contributed by atoms with Gasteiger partial charge in [0.25, 0.3) is 5.56 Å². The van der Waals surface area contributed by atoms with Gasteiger partial charge in [0, 0.05) is 42.2 Å². The number of thiophene rings is 1. The number of benzene rings is 1. The molecule has 0 aliphatic rings. The Labute approximate surface area is 198 Å². The topological polar surface area (TPSA) is 73.5 Å². The maximum Gasteiger partial charge on any atom is 0.331 e. The predicted molar refractivity (Wildman–Crippen MR) is 131 cm³/mol. The zero-order chi connectivity index (χ0) is 23.4. The Hall–Kier alpha value is -2.58. The second kappa shape index (κ2) is 10.4. The second-order valence-electron chi connectivity index (χ2n) is 7.03. The van der Waals surface area contributed by atoms with E-state index in [2.05, 4.69) is 13.2 Å². The first-order valence-corrected chi connectivity index (χ1v) is 11.3. The molecule has 1 N–H and O–H groups in total. The number of nitrogens with zero attached hydrogens (tertiary/aromatic N) is 2. The van der Waals surface area contributed by atoms with Crippen molar-refractivity contribution in [3.63, 3.8) is 0 Å². The SMILES string of the molecule is C=C/C(=C\C(=C)Cl)Oc1sc2c(c1Cc1ccc(Cl)cc1)c(=O)n(CCCO)c(=O)n2C. The van der Waals surface area contributed by atoms with Gasteiger partial charge in [0.05, 0.1) is 5.39 Å². The van der Waals surface area contributed by atoms with Gasteiger partial charge in [0.15, 0.2) is 5.06 Å². The van der Waals surface area contributed by atoms with Crippen molar-refractivity contribution in [2.45, 2.75) is 19.4 Å². The fourth-order valence-electron chi connectivity index (χ4n) is 3.24. The molecule has 1 aromatic carbocycles. The minimum Gasteiger partial charge on any atom is -0.446 e. The molecule has 3 rings (SSSR count). The van der Waals surface area contributed by atoms with Crippen molar-refractivity contribution in [2.75, 3.05) is 6.61 Å². The summed E-state index contributed by atoms with van der Waals surface area (Å²) in [5, 5.41) is 10.9. The lowest BCUT2D eigenvalue weighted by Gasteiger charge is -2.10. The number of aryl methyl sites for hydroxylation is 1. The molecule has 0 atom stereocenters. The molecule has 0 unspecified atom stereocenters. The van der Waals surface area contributed by atoms with Gasteiger partial charge in [-0.15, -0.1) is 0 Å². The number of allylic oxidation sites excluding steroid dienone is 3. The predicted octanol–water partition coefficient (Wildman–Crippen LogP) is 4.59. The average molecular weight is 493 g/mol. The van der Waals surface area contributed by atoms with Crippen molar-refractivity contribution in [1.29, 1.82) is 0 Å². The fourth-order valence-corrected chi connectivity index (χ4v) is 4.62. The van der Waals surface area contributed by atoms with Crippen LogP contribution in [0.1, 0.15) is 17.5 Å². The third kappa shape index (κ3) is 5.07. The molecule has 0 fully saturated rings. The third-order valence-electron chi connectivity index (χ3n) is 4.78. The summed E-state index contributed by atoms with van der Waals surface area (Å²) < 4.78 is 8.61. The van der Waals surface area contributed by atoms with Crippen LogP contribution in [0.25, 0.3) is 10.2 Å². The van der Waals surface area contributed by atoms with E-state index in [4.69, 9.17) is 27.9 Å². The van der Waals surface area contributed by atoms with Crippen molar-refractivity contribution in [3.8, 4) is 5.06 Å². The zero-order valence-corrected chi connectivity index (χ0v) is 19.8. The molecule has 0 bridgehead atoms. The molecule has 168 valence electrons. The first kappa shape index (κ1) is 24.1. The lowest BCUT2D eigenvalue weighted by molar-refractivity contribution is 0.277. The fraction of sp³-hybridized carbons (Fsp3) is 0.217. The molecule has 0 aliphatic heterocycles. The van der Waals surface area contributed by atoms with Gasteiger partial charge in [0.1, 0.15) is 10.6 Å². The van der Waals surface area contributed by atoms with Crippen LogP contribution in [-0.2, 0) is 20.0 Å². The molecule has 0 spiro atoms. The van der Waals surface area contributed by atoms with Crippen molar-refractivity contribution in [3.05, 3.63) is 97.4 Å². The minimum atomic E-state index is -0.449. The Balaban J connectivity index is 2.28. The number of aromatic nitrogens is 2. The molecule has 2 heterocycles. The maximum absolute atomic E-state index is 13.3. The molecule has 0 saturated carbocycles. The van der Waals surface area contributed by atoms with Crippen molar-refractivity contribution in [2.24, 2.45) is 7.05 Å². The molecule has 6 nitrogen and oxygen atoms in total. The van der Waals surface area contributed by atoms with Crippen LogP contribution in [0, 0.1) is 0 Å². The smallest absolute Gasteiger partial charge is 0.331 e. The van der Waals surface area contributed by atoms with E-state index < -0.39 is 11.2 Å². The molecule has 0 aliphatic carbocycles. The lowest BCUT2D eigenvalue weighted by Crippen LogP contribution is -2.39. The van der Waals surface area contributed by atoms with Crippen molar-refractivity contribution < 1.29 is 9.84 Å². The number of aliphatic hydroxyl groups is 1. The van der Waals surface area contributed by atoms with Gasteiger partial charge >= 0.3 is 5.69 Å². The highest BCUT2D eigenvalue weighted by molar-refractivity contribution is 7.20. The Kier molecular flexibility index (Phi) is 7.79. The van der Waals surface area contributed by atoms with Crippen LogP contribution in [0.5, 0.6) is 5.06 Å². The van der Waals surface area contributed by atoms with Gasteiger partial charge in [-0.3, -0.25) is 13.9 Å². The van der Waals surface area contributed by atoms with Crippen molar-refractivity contribution >= 4 is 44.8 Å². The lowest BCUT2D eigenvalue weighted by atomic mass is 10.1. The third-order valence-corrected chi connectivity index (χ3v) is 6.33. The Morgan fingerprint density at radius 2 is 1.97 bits per heavy atom. The Morgan fingerprint density at radius 1 is 1.28 bits per heavy atom. The summed E-state index contributed by atoms with van der Waals surface area (Å²) in [5.74, 6) is 0.361. The number of hydrogen-bond donors (Lipinski definition) is 1. The van der Waals surface area contributed by atoms with Gasteiger partial charge in [-0.25, -0.2) is 4.79 Å². The Bertz CT molecular complexity index is 1320. The molecular formula is C23H22Cl2N2O4S. The minimum absolute atomic E-state index is 0.119. The molecule has 3 aromatic rings. The van der Waals surface area contributed by atoms with E-state index in [1.807, 2.05) is 12.1 Å². The second-order valence-corrected chi connectivity index (χ2v) is 8.91. The molecular weight excluding hydrogens is 471 g/mol. The van der Waals surface area contributed by atoms with Crippen LogP contribution in [0.15, 0.2) is 70.0 Å². The number of hydrogen-bond acceptors (Lipinski definition) is 5. The van der Waals surface area contributed by atoms with Gasteiger partial charge in [-0.1, -0.05) is 59.8 Å². The highest BCUT2D eigenvalue weighted by Crippen LogP contribution is 2.38. The van der Waals surface area contributed by atoms with E-state index >= 15 is 0 Å².